The van der Waals surface area contributed by atoms with Crippen LogP contribution in [0.3, 0.4) is 0 Å². The summed E-state index contributed by atoms with van der Waals surface area (Å²) < 4.78 is 0. The number of rotatable bonds is 1. The van der Waals surface area contributed by atoms with Gasteiger partial charge in [0.1, 0.15) is 0 Å². The maximum atomic E-state index is 3.92. The average Bonchev–Trinajstić information content (AvgIpc) is 1.37. The van der Waals surface area contributed by atoms with E-state index in [1.54, 1.807) is 0 Å². The van der Waals surface area contributed by atoms with Crippen molar-refractivity contribution in [3.05, 3.63) is 0 Å². The first-order valence-corrected chi connectivity index (χ1v) is 2.16. The summed E-state index contributed by atoms with van der Waals surface area (Å²) in [4.78, 5) is 0. The van der Waals surface area contributed by atoms with Gasteiger partial charge >= 0.3 is 29.6 Å². The molecular weight excluding hydrogens is 91.1 g/mol. The third-order valence-electron chi connectivity index (χ3n) is 0.224. The van der Waals surface area contributed by atoms with Gasteiger partial charge in [-0.1, -0.05) is 6.92 Å². The van der Waals surface area contributed by atoms with Crippen LogP contribution < -0.4 is 29.6 Å². The number of hydrogen-bond acceptors (Lipinski definition) is 1. The zero-order chi connectivity index (χ0) is 3.41. The van der Waals surface area contributed by atoms with E-state index < -0.39 is 0 Å². The Hall–Kier alpha value is 1.35. The van der Waals surface area contributed by atoms with E-state index in [2.05, 4.69) is 19.6 Å². The molecule has 0 aliphatic heterocycles. The van der Waals surface area contributed by atoms with Crippen molar-refractivity contribution >= 4 is 12.6 Å². The number of thiol groups is 1. The fourth-order valence-corrected chi connectivity index (χ4v) is 0. The Labute approximate surface area is 61.0 Å². The van der Waals surface area contributed by atoms with Crippen molar-refractivity contribution < 1.29 is 29.6 Å². The van der Waals surface area contributed by atoms with E-state index in [1.165, 1.54) is 6.42 Å². The first-order valence-electron chi connectivity index (χ1n) is 1.52. The largest absolute Gasteiger partial charge is 1.00 e. The summed E-state index contributed by atoms with van der Waals surface area (Å²) in [5, 5.41) is 0. The molecule has 0 bridgehead atoms. The molecule has 0 atom stereocenters. The van der Waals surface area contributed by atoms with Gasteiger partial charge in [-0.15, -0.1) is 0 Å². The Morgan fingerprint density at radius 1 is 1.60 bits per heavy atom. The van der Waals surface area contributed by atoms with Crippen LogP contribution in [0.15, 0.2) is 0 Å². The van der Waals surface area contributed by atoms with Crippen LogP contribution in [0.5, 0.6) is 0 Å². The van der Waals surface area contributed by atoms with Gasteiger partial charge in [-0.3, -0.25) is 0 Å². The second-order valence-electron chi connectivity index (χ2n) is 0.724. The quantitative estimate of drug-likeness (QED) is 0.295. The Morgan fingerprint density at radius 2 is 1.80 bits per heavy atom. The standard InChI is InChI=1S/C3H8S.Na/c1-2-3-4;/h4H,2-3H2,1H3;/q;+1. The van der Waals surface area contributed by atoms with Crippen molar-refractivity contribution in [3.8, 4) is 0 Å². The first kappa shape index (κ1) is 9.61. The minimum Gasteiger partial charge on any atom is -0.179 e. The summed E-state index contributed by atoms with van der Waals surface area (Å²) in [6.45, 7) is 2.10. The summed E-state index contributed by atoms with van der Waals surface area (Å²) in [5.41, 5.74) is 0. The molecule has 0 aromatic heterocycles. The molecule has 0 heterocycles. The molecule has 0 unspecified atom stereocenters. The molecule has 0 amide bonds. The summed E-state index contributed by atoms with van der Waals surface area (Å²) in [7, 11) is 0. The van der Waals surface area contributed by atoms with Crippen LogP contribution in [0.2, 0.25) is 0 Å². The van der Waals surface area contributed by atoms with Crippen LogP contribution >= 0.6 is 12.6 Å². The van der Waals surface area contributed by atoms with Gasteiger partial charge in [-0.25, -0.2) is 0 Å². The minimum atomic E-state index is 0. The van der Waals surface area contributed by atoms with Crippen LogP contribution in [0.25, 0.3) is 0 Å². The van der Waals surface area contributed by atoms with Gasteiger partial charge in [-0.2, -0.15) is 12.6 Å². The molecule has 2 heteroatoms. The van der Waals surface area contributed by atoms with Crippen molar-refractivity contribution in [2.75, 3.05) is 5.75 Å². The monoisotopic (exact) mass is 99.0 g/mol. The van der Waals surface area contributed by atoms with E-state index in [4.69, 9.17) is 0 Å². The van der Waals surface area contributed by atoms with Crippen molar-refractivity contribution in [2.45, 2.75) is 13.3 Å². The smallest absolute Gasteiger partial charge is 0.179 e. The van der Waals surface area contributed by atoms with Gasteiger partial charge in [0, 0.05) is 0 Å². The predicted octanol–water partition coefficient (Wildman–Crippen LogP) is -1.67. The van der Waals surface area contributed by atoms with Crippen molar-refractivity contribution in [1.29, 1.82) is 0 Å². The van der Waals surface area contributed by atoms with E-state index in [-0.39, 0.29) is 29.6 Å². The summed E-state index contributed by atoms with van der Waals surface area (Å²) in [6.07, 6.45) is 1.18. The maximum Gasteiger partial charge on any atom is 1.00 e. The molecule has 0 spiro atoms. The second kappa shape index (κ2) is 9.02. The average molecular weight is 99.2 g/mol. The predicted molar refractivity (Wildman–Crippen MR) is 24.1 cm³/mol. The van der Waals surface area contributed by atoms with Crippen LogP contribution in [-0.2, 0) is 0 Å². The SMILES string of the molecule is CCCS.[Na+]. The molecule has 0 nitrogen and oxygen atoms in total. The van der Waals surface area contributed by atoms with E-state index >= 15 is 0 Å². The topological polar surface area (TPSA) is 0 Å². The zero-order valence-corrected chi connectivity index (χ0v) is 6.76. The van der Waals surface area contributed by atoms with Crippen molar-refractivity contribution in [2.24, 2.45) is 0 Å². The molecular formula is C3H8NaS+. The fraction of sp³-hybridized carbons (Fsp3) is 1.00. The van der Waals surface area contributed by atoms with Gasteiger partial charge in [0.15, 0.2) is 0 Å². The first-order chi connectivity index (χ1) is 1.91. The molecule has 0 aliphatic rings. The summed E-state index contributed by atoms with van der Waals surface area (Å²) >= 11 is 3.92. The van der Waals surface area contributed by atoms with Gasteiger partial charge in [-0.05, 0) is 12.2 Å². The number of hydrogen-bond donors (Lipinski definition) is 1. The van der Waals surface area contributed by atoms with Gasteiger partial charge in [0.05, 0.1) is 0 Å². The molecule has 0 saturated heterocycles. The van der Waals surface area contributed by atoms with E-state index in [9.17, 15) is 0 Å². The van der Waals surface area contributed by atoms with Crippen LogP contribution in [-0.4, -0.2) is 5.75 Å². The van der Waals surface area contributed by atoms with Crippen molar-refractivity contribution in [3.63, 3.8) is 0 Å². The molecule has 0 radical (unpaired) electrons. The summed E-state index contributed by atoms with van der Waals surface area (Å²) in [5.74, 6) is 1.01. The van der Waals surface area contributed by atoms with Gasteiger partial charge in [0.2, 0.25) is 0 Å². The molecule has 0 saturated carbocycles. The Balaban J connectivity index is 0. The Morgan fingerprint density at radius 3 is 1.80 bits per heavy atom. The van der Waals surface area contributed by atoms with E-state index in [0.717, 1.165) is 5.75 Å². The van der Waals surface area contributed by atoms with Gasteiger partial charge in [0.25, 0.3) is 0 Å². The van der Waals surface area contributed by atoms with Crippen molar-refractivity contribution in [1.82, 2.24) is 0 Å². The molecule has 0 aromatic carbocycles. The molecule has 0 N–H and O–H groups in total. The van der Waals surface area contributed by atoms with E-state index in [0.29, 0.717) is 0 Å². The normalized spacial score (nSPS) is 6.00. The third kappa shape index (κ3) is 10.9. The van der Waals surface area contributed by atoms with Crippen LogP contribution in [0, 0.1) is 0 Å². The Kier molecular flexibility index (Phi) is 17.3. The summed E-state index contributed by atoms with van der Waals surface area (Å²) in [6, 6.07) is 0. The molecule has 0 rings (SSSR count). The third-order valence-corrected chi connectivity index (χ3v) is 0.671. The zero-order valence-electron chi connectivity index (χ0n) is 3.86. The second-order valence-corrected chi connectivity index (χ2v) is 1.17. The molecule has 5 heavy (non-hydrogen) atoms. The molecule has 0 fully saturated rings. The van der Waals surface area contributed by atoms with Crippen LogP contribution in [0.4, 0.5) is 0 Å². The fourth-order valence-electron chi connectivity index (χ4n) is 0. The van der Waals surface area contributed by atoms with Crippen LogP contribution in [0.1, 0.15) is 13.3 Å². The molecule has 0 aliphatic carbocycles. The Bertz CT molecular complexity index is 8.85. The molecule has 0 aromatic rings. The minimum absolute atomic E-state index is 0. The molecule has 26 valence electrons. The van der Waals surface area contributed by atoms with Gasteiger partial charge < -0.3 is 0 Å². The maximum absolute atomic E-state index is 3.92. The van der Waals surface area contributed by atoms with E-state index in [1.807, 2.05) is 0 Å².